The molecule has 0 amide bonds. The molecule has 0 fully saturated rings. The first-order valence-corrected chi connectivity index (χ1v) is 10.2. The number of nitrogens with one attached hydrogen (secondary N) is 1. The van der Waals surface area contributed by atoms with Crippen LogP contribution in [-0.4, -0.2) is 16.1 Å². The molecule has 0 saturated carbocycles. The molecule has 4 aromatic rings. The van der Waals surface area contributed by atoms with Crippen molar-refractivity contribution >= 4 is 16.9 Å². The van der Waals surface area contributed by atoms with Crippen molar-refractivity contribution in [1.29, 1.82) is 0 Å². The first kappa shape index (κ1) is 19.8. The lowest BCUT2D eigenvalue weighted by Gasteiger charge is -2.19. The second kappa shape index (κ2) is 8.46. The highest BCUT2D eigenvalue weighted by molar-refractivity contribution is 5.86. The SMILES string of the molecule is CC(Cc1ccc(OC(C)c2ccccc2)c(-c2ccc3[nH]ccc3c2)c1)C(=O)O. The van der Waals surface area contributed by atoms with Crippen molar-refractivity contribution in [3.05, 3.63) is 90.1 Å². The van der Waals surface area contributed by atoms with Gasteiger partial charge in [-0.05, 0) is 65.8 Å². The topological polar surface area (TPSA) is 62.3 Å². The highest BCUT2D eigenvalue weighted by atomic mass is 16.5. The van der Waals surface area contributed by atoms with Gasteiger partial charge in [-0.1, -0.05) is 49.4 Å². The van der Waals surface area contributed by atoms with E-state index in [2.05, 4.69) is 41.4 Å². The molecule has 2 atom stereocenters. The number of aromatic amines is 1. The van der Waals surface area contributed by atoms with Crippen LogP contribution in [0.3, 0.4) is 0 Å². The number of aliphatic carboxylic acids is 1. The van der Waals surface area contributed by atoms with Crippen molar-refractivity contribution in [3.8, 4) is 16.9 Å². The van der Waals surface area contributed by atoms with Gasteiger partial charge in [-0.15, -0.1) is 0 Å². The highest BCUT2D eigenvalue weighted by Crippen LogP contribution is 2.36. The highest BCUT2D eigenvalue weighted by Gasteiger charge is 2.16. The summed E-state index contributed by atoms with van der Waals surface area (Å²) in [6.45, 7) is 3.77. The van der Waals surface area contributed by atoms with Crippen LogP contribution in [0.2, 0.25) is 0 Å². The minimum atomic E-state index is -0.789. The third kappa shape index (κ3) is 4.23. The minimum Gasteiger partial charge on any atom is -0.485 e. The van der Waals surface area contributed by atoms with Gasteiger partial charge in [0.15, 0.2) is 0 Å². The molecule has 152 valence electrons. The van der Waals surface area contributed by atoms with Gasteiger partial charge in [0, 0.05) is 17.3 Å². The number of benzene rings is 3. The van der Waals surface area contributed by atoms with E-state index in [1.165, 1.54) is 0 Å². The largest absolute Gasteiger partial charge is 0.485 e. The maximum atomic E-state index is 11.3. The lowest BCUT2D eigenvalue weighted by atomic mass is 9.95. The van der Waals surface area contributed by atoms with Crippen LogP contribution in [0.4, 0.5) is 0 Å². The summed E-state index contributed by atoms with van der Waals surface area (Å²) in [6.07, 6.45) is 2.29. The summed E-state index contributed by atoms with van der Waals surface area (Å²) in [4.78, 5) is 14.5. The van der Waals surface area contributed by atoms with Crippen LogP contribution >= 0.6 is 0 Å². The lowest BCUT2D eigenvalue weighted by Crippen LogP contribution is -2.12. The molecule has 0 saturated heterocycles. The molecule has 30 heavy (non-hydrogen) atoms. The Labute approximate surface area is 176 Å². The van der Waals surface area contributed by atoms with Crippen LogP contribution in [0.5, 0.6) is 5.75 Å². The molecule has 2 N–H and O–H groups in total. The van der Waals surface area contributed by atoms with E-state index in [9.17, 15) is 9.90 Å². The Balaban J connectivity index is 1.73. The molecule has 4 rings (SSSR count). The summed E-state index contributed by atoms with van der Waals surface area (Å²) in [6, 6.07) is 24.4. The number of ether oxygens (including phenoxy) is 1. The summed E-state index contributed by atoms with van der Waals surface area (Å²) in [5, 5.41) is 10.4. The minimum absolute atomic E-state index is 0.107. The van der Waals surface area contributed by atoms with Gasteiger partial charge in [-0.2, -0.15) is 0 Å². The van der Waals surface area contributed by atoms with Gasteiger partial charge < -0.3 is 14.8 Å². The van der Waals surface area contributed by atoms with Crippen LogP contribution in [0.15, 0.2) is 79.0 Å². The number of carbonyl (C=O) groups is 1. The van der Waals surface area contributed by atoms with E-state index in [0.717, 1.165) is 38.9 Å². The molecule has 0 aliphatic rings. The molecule has 4 heteroatoms. The van der Waals surface area contributed by atoms with Gasteiger partial charge in [-0.3, -0.25) is 4.79 Å². The fraction of sp³-hybridized carbons (Fsp3) is 0.192. The predicted molar refractivity (Wildman–Crippen MR) is 120 cm³/mol. The summed E-state index contributed by atoms with van der Waals surface area (Å²) in [7, 11) is 0. The fourth-order valence-corrected chi connectivity index (χ4v) is 3.68. The number of carboxylic acids is 1. The Kier molecular flexibility index (Phi) is 5.57. The van der Waals surface area contributed by atoms with Gasteiger partial charge >= 0.3 is 5.97 Å². The normalized spacial score (nSPS) is 13.1. The van der Waals surface area contributed by atoms with E-state index < -0.39 is 11.9 Å². The van der Waals surface area contributed by atoms with Crippen LogP contribution < -0.4 is 4.74 Å². The summed E-state index contributed by atoms with van der Waals surface area (Å²) >= 11 is 0. The standard InChI is InChI=1S/C26H25NO3/c1-17(26(28)29)14-19-8-11-25(30-18(2)20-6-4-3-5-7-20)23(15-19)21-9-10-24-22(16-21)12-13-27-24/h3-13,15-18,27H,14H2,1-2H3,(H,28,29). The monoisotopic (exact) mass is 399 g/mol. The molecule has 2 unspecified atom stereocenters. The second-order valence-corrected chi connectivity index (χ2v) is 7.72. The molecular formula is C26H25NO3. The molecule has 0 bridgehead atoms. The summed E-state index contributed by atoms with van der Waals surface area (Å²) < 4.78 is 6.36. The van der Waals surface area contributed by atoms with Crippen molar-refractivity contribution < 1.29 is 14.6 Å². The Morgan fingerprint density at radius 3 is 2.57 bits per heavy atom. The quantitative estimate of drug-likeness (QED) is 0.387. The average Bonchev–Trinajstić information content (AvgIpc) is 3.23. The number of hydrogen-bond donors (Lipinski definition) is 2. The van der Waals surface area contributed by atoms with Crippen LogP contribution in [0, 0.1) is 5.92 Å². The van der Waals surface area contributed by atoms with E-state index >= 15 is 0 Å². The molecular weight excluding hydrogens is 374 g/mol. The number of rotatable bonds is 7. The Morgan fingerprint density at radius 2 is 1.80 bits per heavy atom. The van der Waals surface area contributed by atoms with Crippen molar-refractivity contribution in [2.24, 2.45) is 5.92 Å². The lowest BCUT2D eigenvalue weighted by molar-refractivity contribution is -0.141. The Bertz CT molecular complexity index is 1160. The van der Waals surface area contributed by atoms with Crippen LogP contribution in [0.25, 0.3) is 22.0 Å². The number of carboxylic acid groups (broad SMARTS) is 1. The maximum Gasteiger partial charge on any atom is 0.306 e. The van der Waals surface area contributed by atoms with Crippen molar-refractivity contribution in [3.63, 3.8) is 0 Å². The zero-order valence-corrected chi connectivity index (χ0v) is 17.1. The summed E-state index contributed by atoms with van der Waals surface area (Å²) in [5.41, 5.74) is 5.18. The zero-order chi connectivity index (χ0) is 21.1. The van der Waals surface area contributed by atoms with Crippen LogP contribution in [-0.2, 0) is 11.2 Å². The number of H-pyrrole nitrogens is 1. The maximum absolute atomic E-state index is 11.3. The smallest absolute Gasteiger partial charge is 0.306 e. The van der Waals surface area contributed by atoms with Gasteiger partial charge in [0.05, 0.1) is 5.92 Å². The fourth-order valence-electron chi connectivity index (χ4n) is 3.68. The molecule has 0 aliphatic carbocycles. The molecule has 0 aliphatic heterocycles. The molecule has 1 heterocycles. The zero-order valence-electron chi connectivity index (χ0n) is 17.1. The van der Waals surface area contributed by atoms with Gasteiger partial charge in [-0.25, -0.2) is 0 Å². The van der Waals surface area contributed by atoms with Gasteiger partial charge in [0.2, 0.25) is 0 Å². The first-order valence-electron chi connectivity index (χ1n) is 10.2. The number of aromatic nitrogens is 1. The Morgan fingerprint density at radius 1 is 1.00 bits per heavy atom. The third-order valence-corrected chi connectivity index (χ3v) is 5.44. The van der Waals surface area contributed by atoms with Crippen molar-refractivity contribution in [2.75, 3.05) is 0 Å². The number of fused-ring (bicyclic) bond motifs is 1. The third-order valence-electron chi connectivity index (χ3n) is 5.44. The first-order chi connectivity index (χ1) is 14.5. The summed E-state index contributed by atoms with van der Waals surface area (Å²) in [5.74, 6) is -0.448. The van der Waals surface area contributed by atoms with Crippen LogP contribution in [0.1, 0.15) is 31.1 Å². The second-order valence-electron chi connectivity index (χ2n) is 7.72. The van der Waals surface area contributed by atoms with E-state index in [0.29, 0.717) is 6.42 Å². The Hall–Kier alpha value is -3.53. The predicted octanol–water partition coefficient (Wildman–Crippen LogP) is 6.24. The van der Waals surface area contributed by atoms with E-state index in [1.807, 2.05) is 49.5 Å². The van der Waals surface area contributed by atoms with E-state index in [-0.39, 0.29) is 6.10 Å². The van der Waals surface area contributed by atoms with Gasteiger partial charge in [0.25, 0.3) is 0 Å². The average molecular weight is 399 g/mol. The molecule has 4 nitrogen and oxygen atoms in total. The number of hydrogen-bond acceptors (Lipinski definition) is 2. The van der Waals surface area contributed by atoms with Gasteiger partial charge in [0.1, 0.15) is 11.9 Å². The van der Waals surface area contributed by atoms with E-state index in [1.54, 1.807) is 6.92 Å². The van der Waals surface area contributed by atoms with E-state index in [4.69, 9.17) is 4.74 Å². The van der Waals surface area contributed by atoms with Crippen molar-refractivity contribution in [1.82, 2.24) is 4.98 Å². The molecule has 3 aromatic carbocycles. The van der Waals surface area contributed by atoms with Crippen molar-refractivity contribution in [2.45, 2.75) is 26.4 Å². The molecule has 1 aromatic heterocycles. The molecule has 0 spiro atoms. The molecule has 0 radical (unpaired) electrons.